The molecule has 4 aliphatic rings. The number of rotatable bonds is 18. The molecule has 0 atom stereocenters. The number of aryl methyl sites for hydroxylation is 1. The quantitative estimate of drug-likeness (QED) is 0.0756. The zero-order valence-electron chi connectivity index (χ0n) is 69.2. The average Bonchev–Trinajstić information content (AvgIpc) is 1.60. The van der Waals surface area contributed by atoms with Gasteiger partial charge < -0.3 is 42.1 Å². The van der Waals surface area contributed by atoms with Gasteiger partial charge in [-0.1, -0.05) is 78.4 Å². The number of carbonyl (C=O) groups is 1. The van der Waals surface area contributed by atoms with Gasteiger partial charge in [0.2, 0.25) is 5.91 Å². The monoisotopic (exact) mass is 1660 g/mol. The molecule has 0 bridgehead atoms. The molecule has 0 saturated heterocycles. The minimum absolute atomic E-state index is 0.0406. The third-order valence-corrected chi connectivity index (χ3v) is 23.0. The summed E-state index contributed by atoms with van der Waals surface area (Å²) in [6, 6.07) is 67.1. The number of benzene rings is 9. The standard InChI is InChI=1S/C30H32FN3O.C22H23BrFN3O.C22H22FN3O2.C22H24FN3O/c1-21-5-7-22(8-6-21)17-27-29(24-11-13-25(31)14-12-24)32-28-19-33(20-30(2,3)34(27)28)18-23-9-15-26(35-4)16-10-23;1-22(2)14-26(12-15-4-10-18(28-3)11-5-15)13-19-25-20(21(23)27(19)22)16-6-8-17(24)9-7-16;1-22(2)21(27)25(12-15-4-10-18(28-3)11-5-15)14-20-24-19(13-26(20)22)16-6-8-17(23)9-7-16;1-22(2)15-25(12-16-4-10-19(27-3)11-5-16)14-21-24-20(13-26(21)22)17-6-8-18(23)9-7-17/h5-16H,17-20H2,1-4H3;4-11H,12-14H2,1-3H3;4-11,13H,12,14H2,1-3H3;4-11,13H,12,14-15H2,1-3H3. The van der Waals surface area contributed by atoms with Crippen LogP contribution in [0.15, 0.2) is 235 Å². The number of halogens is 5. The Morgan fingerprint density at radius 1 is 0.364 bits per heavy atom. The number of imidazole rings is 4. The molecule has 1 amide bonds. The van der Waals surface area contributed by atoms with Crippen LogP contribution in [0.1, 0.15) is 118 Å². The number of ether oxygens (including phenoxy) is 4. The lowest BCUT2D eigenvalue weighted by atomic mass is 9.97. The highest BCUT2D eigenvalue weighted by molar-refractivity contribution is 9.10. The average molecular weight is 1660 g/mol. The number of fused-ring (bicyclic) bond motifs is 4. The van der Waals surface area contributed by atoms with E-state index >= 15 is 0 Å². The predicted octanol–water partition coefficient (Wildman–Crippen LogP) is 20.0. The van der Waals surface area contributed by atoms with Crippen LogP contribution in [-0.4, -0.2) is 112 Å². The molecule has 0 fully saturated rings. The van der Waals surface area contributed by atoms with Crippen molar-refractivity contribution in [2.75, 3.05) is 48.1 Å². The summed E-state index contributed by atoms with van der Waals surface area (Å²) < 4.78 is 84.3. The second-order valence-corrected chi connectivity index (χ2v) is 33.9. The molecular weight excluding hydrogens is 1560 g/mol. The van der Waals surface area contributed by atoms with Gasteiger partial charge >= 0.3 is 0 Å². The fourth-order valence-electron chi connectivity index (χ4n) is 16.5. The molecule has 118 heavy (non-hydrogen) atoms. The molecule has 0 radical (unpaired) electrons. The highest BCUT2D eigenvalue weighted by atomic mass is 79.9. The van der Waals surface area contributed by atoms with Gasteiger partial charge in [0.15, 0.2) is 0 Å². The molecule has 4 aliphatic heterocycles. The fraction of sp³-hybridized carbons (Fsp3) is 0.302. The van der Waals surface area contributed by atoms with E-state index in [2.05, 4.69) is 160 Å². The Hall–Kier alpha value is -11.4. The number of carbonyl (C=O) groups excluding carboxylic acids is 1. The Balaban J connectivity index is 0.000000130. The maximum Gasteiger partial charge on any atom is 0.248 e. The van der Waals surface area contributed by atoms with Crippen LogP contribution < -0.4 is 18.9 Å². The van der Waals surface area contributed by atoms with Crippen molar-refractivity contribution in [1.82, 2.24) is 57.8 Å². The highest BCUT2D eigenvalue weighted by Crippen LogP contribution is 2.41. The van der Waals surface area contributed by atoms with Gasteiger partial charge in [-0.25, -0.2) is 37.5 Å². The number of hydrogen-bond donors (Lipinski definition) is 0. The molecule has 8 heterocycles. The SMILES string of the molecule is COc1ccc(CN2Cc3nc(-c4ccc(F)cc4)c(Br)n3C(C)(C)C2)cc1.COc1ccc(CN2Cc3nc(-c4ccc(F)cc4)c(Cc4ccc(C)cc4)n3C(C)(C)C2)cc1.COc1ccc(CN2Cc3nc(-c4ccc(F)cc4)cn3C(C)(C)C2)cc1.COc1ccc(CN2Cc3nc(-c4ccc(F)cc4)cn3C(C)(C)C2=O)cc1. The van der Waals surface area contributed by atoms with Gasteiger partial charge in [0.05, 0.1) is 94.0 Å². The fourth-order valence-corrected chi connectivity index (χ4v) is 17.5. The number of nitrogens with zero attached hydrogens (tertiary/aromatic N) is 12. The van der Waals surface area contributed by atoms with Crippen molar-refractivity contribution >= 4 is 21.8 Å². The van der Waals surface area contributed by atoms with Gasteiger partial charge in [-0.15, -0.1) is 0 Å². The lowest BCUT2D eigenvalue weighted by molar-refractivity contribution is -0.143. The van der Waals surface area contributed by atoms with Crippen molar-refractivity contribution < 1.29 is 41.3 Å². The van der Waals surface area contributed by atoms with Crippen molar-refractivity contribution in [2.45, 2.75) is 143 Å². The van der Waals surface area contributed by atoms with Crippen LogP contribution in [0.3, 0.4) is 0 Å². The molecule has 0 saturated carbocycles. The van der Waals surface area contributed by atoms with Crippen LogP contribution in [0.4, 0.5) is 17.6 Å². The van der Waals surface area contributed by atoms with Crippen LogP contribution in [0.5, 0.6) is 23.0 Å². The summed E-state index contributed by atoms with van der Waals surface area (Å²) in [5, 5.41) is 0. The molecule has 17 nitrogen and oxygen atoms in total. The van der Waals surface area contributed by atoms with Gasteiger partial charge in [0.1, 0.15) is 85.4 Å². The molecule has 4 aromatic heterocycles. The topological polar surface area (TPSA) is 138 Å². The van der Waals surface area contributed by atoms with E-state index in [0.29, 0.717) is 13.1 Å². The van der Waals surface area contributed by atoms with Crippen molar-refractivity contribution in [2.24, 2.45) is 0 Å². The second-order valence-electron chi connectivity index (χ2n) is 33.2. The molecule has 17 rings (SSSR count). The number of methoxy groups -OCH3 is 4. The highest BCUT2D eigenvalue weighted by Gasteiger charge is 2.42. The summed E-state index contributed by atoms with van der Waals surface area (Å²) >= 11 is 3.74. The largest absolute Gasteiger partial charge is 0.497 e. The van der Waals surface area contributed by atoms with E-state index in [1.807, 2.05) is 102 Å². The first-order valence-corrected chi connectivity index (χ1v) is 40.5. The maximum atomic E-state index is 13.7. The summed E-state index contributed by atoms with van der Waals surface area (Å²) in [7, 11) is 6.68. The molecule has 13 aromatic rings. The van der Waals surface area contributed by atoms with E-state index in [9.17, 15) is 22.4 Å². The zero-order chi connectivity index (χ0) is 83.4. The Labute approximate surface area is 697 Å². The van der Waals surface area contributed by atoms with Gasteiger partial charge in [-0.05, 0) is 252 Å². The Morgan fingerprint density at radius 3 is 1.11 bits per heavy atom. The zero-order valence-corrected chi connectivity index (χ0v) is 70.8. The van der Waals surface area contributed by atoms with Gasteiger partial charge in [-0.3, -0.25) is 19.5 Å². The summed E-state index contributed by atoms with van der Waals surface area (Å²) in [4.78, 5) is 41.9. The van der Waals surface area contributed by atoms with E-state index in [4.69, 9.17) is 38.9 Å². The summed E-state index contributed by atoms with van der Waals surface area (Å²) in [6.07, 6.45) is 4.75. The van der Waals surface area contributed by atoms with Crippen LogP contribution in [-0.2, 0) is 85.7 Å². The van der Waals surface area contributed by atoms with Gasteiger partial charge in [-0.2, -0.15) is 0 Å². The molecule has 0 unspecified atom stereocenters. The van der Waals surface area contributed by atoms with Crippen LogP contribution in [0, 0.1) is 30.2 Å². The van der Waals surface area contributed by atoms with Crippen molar-refractivity contribution in [1.29, 1.82) is 0 Å². The molecule has 0 N–H and O–H groups in total. The smallest absolute Gasteiger partial charge is 0.248 e. The molecule has 22 heteroatoms. The number of hydrogen-bond acceptors (Lipinski definition) is 12. The number of aromatic nitrogens is 8. The van der Waals surface area contributed by atoms with Crippen molar-refractivity contribution in [3.8, 4) is 68.0 Å². The molecule has 9 aromatic carbocycles. The van der Waals surface area contributed by atoms with E-state index in [-0.39, 0.29) is 45.8 Å². The third kappa shape index (κ3) is 18.9. The van der Waals surface area contributed by atoms with Gasteiger partial charge in [0, 0.05) is 86.9 Å². The Morgan fingerprint density at radius 2 is 0.695 bits per heavy atom. The Bertz CT molecular complexity index is 5610. The van der Waals surface area contributed by atoms with E-state index in [1.165, 1.54) is 82.0 Å². The van der Waals surface area contributed by atoms with Crippen LogP contribution >= 0.6 is 15.9 Å². The lowest BCUT2D eigenvalue weighted by Crippen LogP contribution is -2.51. The minimum Gasteiger partial charge on any atom is -0.497 e. The third-order valence-electron chi connectivity index (χ3n) is 22.3. The molecule has 0 spiro atoms. The second kappa shape index (κ2) is 35.0. The summed E-state index contributed by atoms with van der Waals surface area (Å²) in [6.45, 7) is 27.9. The molecule has 0 aliphatic carbocycles. The molecular formula is C96H101BrF4N12O5. The van der Waals surface area contributed by atoms with E-state index in [0.717, 1.165) is 167 Å². The van der Waals surface area contributed by atoms with Crippen LogP contribution in [0.2, 0.25) is 0 Å². The summed E-state index contributed by atoms with van der Waals surface area (Å²) in [5.41, 5.74) is 14.4. The first kappa shape index (κ1) is 83.1. The van der Waals surface area contributed by atoms with E-state index in [1.54, 1.807) is 64.8 Å². The van der Waals surface area contributed by atoms with Crippen molar-refractivity contribution in [3.05, 3.63) is 321 Å². The Kier molecular flexibility index (Phi) is 24.7. The van der Waals surface area contributed by atoms with Gasteiger partial charge in [0.25, 0.3) is 0 Å². The lowest BCUT2D eigenvalue weighted by Gasteiger charge is -2.41. The van der Waals surface area contributed by atoms with E-state index < -0.39 is 5.54 Å². The maximum absolute atomic E-state index is 13.7. The number of amides is 1. The van der Waals surface area contributed by atoms with Crippen molar-refractivity contribution in [3.63, 3.8) is 0 Å². The first-order chi connectivity index (χ1) is 56.5. The van der Waals surface area contributed by atoms with Crippen LogP contribution in [0.25, 0.3) is 45.0 Å². The summed E-state index contributed by atoms with van der Waals surface area (Å²) in [5.74, 6) is 6.37. The predicted molar refractivity (Wildman–Crippen MR) is 458 cm³/mol. The minimum atomic E-state index is -0.745. The molecule has 610 valence electrons. The normalized spacial score (nSPS) is 15.6. The first-order valence-electron chi connectivity index (χ1n) is 39.7.